The van der Waals surface area contributed by atoms with Gasteiger partial charge in [-0.3, -0.25) is 4.40 Å². The highest BCUT2D eigenvalue weighted by atomic mass is 32.2. The molecular formula is C15H16N4OS. The van der Waals surface area contributed by atoms with E-state index in [1.807, 2.05) is 60.8 Å². The normalized spacial score (nSPS) is 11.2. The summed E-state index contributed by atoms with van der Waals surface area (Å²) in [6.07, 6.45) is 2.02. The summed E-state index contributed by atoms with van der Waals surface area (Å²) in [5.74, 6) is 0.698. The van der Waals surface area contributed by atoms with Crippen molar-refractivity contribution in [2.75, 3.05) is 5.73 Å². The predicted octanol–water partition coefficient (Wildman–Crippen LogP) is 3.25. The van der Waals surface area contributed by atoms with Gasteiger partial charge in [-0.15, -0.1) is 10.2 Å². The van der Waals surface area contributed by atoms with Crippen LogP contribution in [0.3, 0.4) is 0 Å². The van der Waals surface area contributed by atoms with Crippen molar-refractivity contribution in [1.82, 2.24) is 14.6 Å². The third-order valence-corrected chi connectivity index (χ3v) is 3.91. The largest absolute Gasteiger partial charge is 0.489 e. The smallest absolute Gasteiger partial charge is 0.200 e. The zero-order valence-corrected chi connectivity index (χ0v) is 12.7. The van der Waals surface area contributed by atoms with E-state index in [0.29, 0.717) is 11.4 Å². The molecule has 1 aromatic carbocycles. The molecule has 0 aliphatic carbocycles. The fourth-order valence-corrected chi connectivity index (χ4v) is 2.85. The number of nitrogens with two attached hydrogens (primary N) is 1. The van der Waals surface area contributed by atoms with Gasteiger partial charge in [-0.25, -0.2) is 0 Å². The number of ether oxygens (including phenoxy) is 1. The molecule has 3 rings (SSSR count). The van der Waals surface area contributed by atoms with E-state index in [1.165, 1.54) is 11.8 Å². The van der Waals surface area contributed by atoms with E-state index >= 15 is 0 Å². The average Bonchev–Trinajstić information content (AvgIpc) is 2.86. The second-order valence-electron chi connectivity index (χ2n) is 4.85. The quantitative estimate of drug-likeness (QED) is 0.749. The molecule has 5 nitrogen and oxygen atoms in total. The van der Waals surface area contributed by atoms with Crippen LogP contribution in [0.1, 0.15) is 13.8 Å². The van der Waals surface area contributed by atoms with Crippen LogP contribution >= 0.6 is 11.8 Å². The van der Waals surface area contributed by atoms with Crippen molar-refractivity contribution in [3.05, 3.63) is 42.6 Å². The topological polar surface area (TPSA) is 65.4 Å². The molecule has 0 fully saturated rings. The Labute approximate surface area is 127 Å². The molecule has 0 aliphatic rings. The maximum atomic E-state index is 6.19. The summed E-state index contributed by atoms with van der Waals surface area (Å²) >= 11 is 1.48. The third-order valence-electron chi connectivity index (χ3n) is 2.87. The molecule has 0 spiro atoms. The molecule has 0 saturated carbocycles. The highest BCUT2D eigenvalue weighted by Crippen LogP contribution is 2.36. The van der Waals surface area contributed by atoms with E-state index in [1.54, 1.807) is 0 Å². The first-order valence-electron chi connectivity index (χ1n) is 6.68. The molecule has 0 bridgehead atoms. The van der Waals surface area contributed by atoms with Crippen LogP contribution in [0.15, 0.2) is 52.6 Å². The van der Waals surface area contributed by atoms with Crippen molar-refractivity contribution >= 4 is 23.1 Å². The minimum atomic E-state index is 0.0847. The Morgan fingerprint density at radius 1 is 1.14 bits per heavy atom. The van der Waals surface area contributed by atoms with Crippen LogP contribution in [-0.2, 0) is 0 Å². The van der Waals surface area contributed by atoms with Crippen molar-refractivity contribution in [3.63, 3.8) is 0 Å². The van der Waals surface area contributed by atoms with E-state index in [2.05, 4.69) is 10.2 Å². The molecule has 2 N–H and O–H groups in total. The molecule has 0 radical (unpaired) electrons. The summed E-state index contributed by atoms with van der Waals surface area (Å²) in [7, 11) is 0. The van der Waals surface area contributed by atoms with E-state index < -0.39 is 0 Å². The van der Waals surface area contributed by atoms with Crippen LogP contribution < -0.4 is 10.5 Å². The first-order chi connectivity index (χ1) is 10.1. The van der Waals surface area contributed by atoms with Gasteiger partial charge in [0.05, 0.1) is 11.8 Å². The van der Waals surface area contributed by atoms with Gasteiger partial charge >= 0.3 is 0 Å². The number of hydrogen-bond donors (Lipinski definition) is 1. The number of anilines is 1. The maximum absolute atomic E-state index is 6.19. The average molecular weight is 300 g/mol. The van der Waals surface area contributed by atoms with E-state index in [4.69, 9.17) is 10.5 Å². The van der Waals surface area contributed by atoms with Crippen molar-refractivity contribution in [1.29, 1.82) is 0 Å². The minimum Gasteiger partial charge on any atom is -0.489 e. The number of para-hydroxylation sites is 1. The molecule has 108 valence electrons. The van der Waals surface area contributed by atoms with Crippen molar-refractivity contribution in [3.8, 4) is 5.75 Å². The lowest BCUT2D eigenvalue weighted by atomic mass is 10.3. The molecule has 21 heavy (non-hydrogen) atoms. The van der Waals surface area contributed by atoms with Gasteiger partial charge in [0.15, 0.2) is 5.65 Å². The lowest BCUT2D eigenvalue weighted by Gasteiger charge is -2.14. The van der Waals surface area contributed by atoms with Crippen LogP contribution in [0.4, 0.5) is 5.69 Å². The van der Waals surface area contributed by atoms with Gasteiger partial charge in [0.25, 0.3) is 0 Å². The monoisotopic (exact) mass is 300 g/mol. The maximum Gasteiger partial charge on any atom is 0.200 e. The van der Waals surface area contributed by atoms with Gasteiger partial charge < -0.3 is 10.5 Å². The number of pyridine rings is 1. The second-order valence-corrected chi connectivity index (χ2v) is 5.86. The predicted molar refractivity (Wildman–Crippen MR) is 83.7 cm³/mol. The summed E-state index contributed by atoms with van der Waals surface area (Å²) in [6.45, 7) is 3.95. The summed E-state index contributed by atoms with van der Waals surface area (Å²) in [4.78, 5) is 0.909. The Morgan fingerprint density at radius 2 is 2.00 bits per heavy atom. The number of nitrogens with zero attached hydrogens (tertiary/aromatic N) is 3. The second kappa shape index (κ2) is 5.65. The number of nitrogen functional groups attached to an aromatic ring is 1. The first-order valence-corrected chi connectivity index (χ1v) is 7.49. The molecule has 2 aromatic heterocycles. The van der Waals surface area contributed by atoms with E-state index in [9.17, 15) is 0 Å². The van der Waals surface area contributed by atoms with Crippen LogP contribution in [0.2, 0.25) is 0 Å². The van der Waals surface area contributed by atoms with Crippen molar-refractivity contribution in [2.24, 2.45) is 0 Å². The Bertz CT molecular complexity index is 769. The standard InChI is InChI=1S/C15H16N4OS/c1-10(2)20-11-6-5-7-12(14(11)16)21-15-18-17-13-8-3-4-9-19(13)15/h3-10H,16H2,1-2H3. The molecule has 0 atom stereocenters. The third kappa shape index (κ3) is 2.80. The molecular weight excluding hydrogens is 284 g/mol. The first kappa shape index (κ1) is 13.8. The summed E-state index contributed by atoms with van der Waals surface area (Å²) in [5, 5.41) is 9.11. The Morgan fingerprint density at radius 3 is 2.81 bits per heavy atom. The molecule has 3 aromatic rings. The SMILES string of the molecule is CC(C)Oc1cccc(Sc2nnc3ccccn23)c1N. The number of fused-ring (bicyclic) bond motifs is 1. The van der Waals surface area contributed by atoms with Crippen LogP contribution in [0, 0.1) is 0 Å². The van der Waals surface area contributed by atoms with Gasteiger partial charge in [0.2, 0.25) is 5.16 Å². The van der Waals surface area contributed by atoms with Crippen LogP contribution in [-0.4, -0.2) is 20.7 Å². The zero-order chi connectivity index (χ0) is 14.8. The number of rotatable bonds is 4. The number of benzene rings is 1. The number of hydrogen-bond acceptors (Lipinski definition) is 5. The molecule has 2 heterocycles. The van der Waals surface area contributed by atoms with E-state index in [0.717, 1.165) is 15.7 Å². The Balaban J connectivity index is 1.94. The Kier molecular flexibility index (Phi) is 3.70. The fraction of sp³-hybridized carbons (Fsp3) is 0.200. The Hall–Kier alpha value is -2.21. The van der Waals surface area contributed by atoms with E-state index in [-0.39, 0.29) is 6.10 Å². The summed E-state index contributed by atoms with van der Waals surface area (Å²) in [6, 6.07) is 11.6. The molecule has 0 saturated heterocycles. The highest BCUT2D eigenvalue weighted by Gasteiger charge is 2.12. The lowest BCUT2D eigenvalue weighted by Crippen LogP contribution is -2.07. The van der Waals surface area contributed by atoms with Gasteiger partial charge in [-0.1, -0.05) is 12.1 Å². The summed E-state index contributed by atoms with van der Waals surface area (Å²) < 4.78 is 7.64. The number of aromatic nitrogens is 3. The molecule has 0 aliphatic heterocycles. The van der Waals surface area contributed by atoms with Gasteiger partial charge in [-0.2, -0.15) is 0 Å². The van der Waals surface area contributed by atoms with Crippen molar-refractivity contribution in [2.45, 2.75) is 30.0 Å². The van der Waals surface area contributed by atoms with Gasteiger partial charge in [0, 0.05) is 11.1 Å². The zero-order valence-electron chi connectivity index (χ0n) is 11.9. The molecule has 6 heteroatoms. The molecule has 0 unspecified atom stereocenters. The van der Waals surface area contributed by atoms with Crippen LogP contribution in [0.25, 0.3) is 5.65 Å². The lowest BCUT2D eigenvalue weighted by molar-refractivity contribution is 0.243. The summed E-state index contributed by atoms with van der Waals surface area (Å²) in [5.41, 5.74) is 7.63. The molecule has 0 amide bonds. The highest BCUT2D eigenvalue weighted by molar-refractivity contribution is 7.99. The van der Waals surface area contributed by atoms with Gasteiger partial charge in [0.1, 0.15) is 5.75 Å². The van der Waals surface area contributed by atoms with Gasteiger partial charge in [-0.05, 0) is 49.9 Å². The fourth-order valence-electron chi connectivity index (χ4n) is 1.96. The van der Waals surface area contributed by atoms with Crippen molar-refractivity contribution < 1.29 is 4.74 Å². The minimum absolute atomic E-state index is 0.0847. The van der Waals surface area contributed by atoms with Crippen LogP contribution in [0.5, 0.6) is 5.75 Å².